The second kappa shape index (κ2) is 10.5. The summed E-state index contributed by atoms with van der Waals surface area (Å²) in [5, 5.41) is 9.99. The van der Waals surface area contributed by atoms with E-state index in [0.29, 0.717) is 23.5 Å². The number of benzene rings is 2. The molecular formula is C28H26F3N3O3. The van der Waals surface area contributed by atoms with Crippen LogP contribution in [-0.4, -0.2) is 38.6 Å². The molecule has 0 fully saturated rings. The molecule has 192 valence electrons. The minimum absolute atomic E-state index is 0.152. The summed E-state index contributed by atoms with van der Waals surface area (Å²) in [4.78, 5) is 21.6. The molecule has 1 atom stereocenters. The molecule has 0 radical (unpaired) electrons. The fourth-order valence-electron chi connectivity index (χ4n) is 4.19. The molecule has 2 aromatic heterocycles. The number of carbonyl (C=O) groups is 1. The monoisotopic (exact) mass is 509 g/mol. The quantitative estimate of drug-likeness (QED) is 0.268. The number of aromatic carboxylic acids is 1. The second-order valence-corrected chi connectivity index (χ2v) is 8.47. The molecule has 9 heteroatoms. The van der Waals surface area contributed by atoms with E-state index in [0.717, 1.165) is 11.1 Å². The Morgan fingerprint density at radius 1 is 1.05 bits per heavy atom. The van der Waals surface area contributed by atoms with Gasteiger partial charge in [-0.3, -0.25) is 0 Å². The number of fused-ring (bicyclic) bond motifs is 1. The van der Waals surface area contributed by atoms with Gasteiger partial charge in [-0.15, -0.1) is 0 Å². The number of ether oxygens (including phenoxy) is 1. The van der Waals surface area contributed by atoms with Crippen LogP contribution in [0.1, 0.15) is 47.6 Å². The van der Waals surface area contributed by atoms with Crippen LogP contribution in [0.3, 0.4) is 0 Å². The molecule has 0 aliphatic heterocycles. The van der Waals surface area contributed by atoms with Crippen molar-refractivity contribution in [1.82, 2.24) is 9.55 Å². The van der Waals surface area contributed by atoms with Gasteiger partial charge in [0, 0.05) is 18.2 Å². The first kappa shape index (κ1) is 25.9. The molecule has 0 aliphatic rings. The number of alkyl halides is 3. The Hall–Kier alpha value is -4.14. The predicted molar refractivity (Wildman–Crippen MR) is 136 cm³/mol. The average Bonchev–Trinajstić information content (AvgIpc) is 3.15. The molecule has 4 rings (SSSR count). The molecule has 37 heavy (non-hydrogen) atoms. The van der Waals surface area contributed by atoms with E-state index in [9.17, 15) is 23.1 Å². The van der Waals surface area contributed by atoms with Crippen molar-refractivity contribution in [2.24, 2.45) is 12.0 Å². The van der Waals surface area contributed by atoms with Gasteiger partial charge in [0.1, 0.15) is 5.65 Å². The molecule has 0 bridgehead atoms. The molecule has 0 saturated carbocycles. The van der Waals surface area contributed by atoms with E-state index in [1.54, 1.807) is 6.07 Å². The number of carboxylic acids is 1. The Bertz CT molecular complexity index is 1400. The molecule has 0 spiro atoms. The average molecular weight is 510 g/mol. The van der Waals surface area contributed by atoms with Gasteiger partial charge in [0.2, 0.25) is 0 Å². The van der Waals surface area contributed by atoms with Crippen molar-refractivity contribution in [3.05, 3.63) is 89.2 Å². The second-order valence-electron chi connectivity index (χ2n) is 8.47. The maximum Gasteiger partial charge on any atom is 0.425 e. The summed E-state index contributed by atoms with van der Waals surface area (Å²) in [6.45, 7) is 3.21. The number of hydrogen-bond donors (Lipinski definition) is 1. The van der Waals surface area contributed by atoms with Crippen LogP contribution in [0.15, 0.2) is 71.7 Å². The van der Waals surface area contributed by atoms with E-state index in [1.165, 1.54) is 18.5 Å². The van der Waals surface area contributed by atoms with Gasteiger partial charge in [-0.1, -0.05) is 74.5 Å². The van der Waals surface area contributed by atoms with E-state index in [2.05, 4.69) is 4.98 Å². The van der Waals surface area contributed by atoms with E-state index >= 15 is 0 Å². The molecule has 1 N–H and O–H groups in total. The summed E-state index contributed by atoms with van der Waals surface area (Å²) in [6, 6.07) is 20.6. The largest absolute Gasteiger partial charge is 0.478 e. The predicted octanol–water partition coefficient (Wildman–Crippen LogP) is 6.72. The standard InChI is InChI=1S/C28H26F3N3O3/c1-4-20-21(32-23(17-12-8-6-9-13-17)18-14-10-7-11-15-18)16-19-25(37-22(5-2)28(29,30)31)24(27(35)36)34(3)26(19)33-20/h6-16,22H,4-5H2,1-3H3,(H,35,36). The Balaban J connectivity index is 1.99. The Morgan fingerprint density at radius 2 is 1.62 bits per heavy atom. The lowest BCUT2D eigenvalue weighted by Crippen LogP contribution is -2.34. The van der Waals surface area contributed by atoms with Gasteiger partial charge in [-0.25, -0.2) is 14.8 Å². The Kier molecular flexibility index (Phi) is 7.33. The normalized spacial score (nSPS) is 12.4. The third-order valence-corrected chi connectivity index (χ3v) is 6.03. The maximum atomic E-state index is 13.6. The summed E-state index contributed by atoms with van der Waals surface area (Å²) in [7, 11) is 1.45. The van der Waals surface area contributed by atoms with Gasteiger partial charge in [0.25, 0.3) is 0 Å². The molecule has 4 aromatic rings. The zero-order chi connectivity index (χ0) is 26.7. The molecule has 0 saturated heterocycles. The van der Waals surface area contributed by atoms with Crippen LogP contribution in [0.4, 0.5) is 18.9 Å². The van der Waals surface area contributed by atoms with Crippen LogP contribution in [0, 0.1) is 0 Å². The summed E-state index contributed by atoms with van der Waals surface area (Å²) in [5.74, 6) is -1.79. The molecule has 0 aliphatic carbocycles. The molecule has 0 amide bonds. The number of aryl methyl sites for hydroxylation is 2. The highest BCUT2D eigenvalue weighted by Crippen LogP contribution is 2.39. The van der Waals surface area contributed by atoms with Crippen molar-refractivity contribution in [2.45, 2.75) is 39.0 Å². The number of hydrogen-bond acceptors (Lipinski definition) is 4. The lowest BCUT2D eigenvalue weighted by atomic mass is 10.0. The smallest absolute Gasteiger partial charge is 0.425 e. The number of aromatic nitrogens is 2. The van der Waals surface area contributed by atoms with Crippen LogP contribution < -0.4 is 4.74 Å². The molecule has 2 heterocycles. The first-order valence-corrected chi connectivity index (χ1v) is 11.8. The van der Waals surface area contributed by atoms with E-state index in [1.807, 2.05) is 67.6 Å². The van der Waals surface area contributed by atoms with E-state index in [4.69, 9.17) is 9.73 Å². The number of carboxylic acid groups (broad SMARTS) is 1. The van der Waals surface area contributed by atoms with Gasteiger partial charge in [-0.05, 0) is 18.9 Å². The fraction of sp³-hybridized carbons (Fsp3) is 0.250. The number of rotatable bonds is 8. The third-order valence-electron chi connectivity index (χ3n) is 6.03. The lowest BCUT2D eigenvalue weighted by Gasteiger charge is -2.20. The number of halogens is 3. The van der Waals surface area contributed by atoms with Crippen molar-refractivity contribution in [2.75, 3.05) is 0 Å². The first-order chi connectivity index (χ1) is 17.7. The van der Waals surface area contributed by atoms with E-state index < -0.39 is 23.9 Å². The summed E-state index contributed by atoms with van der Waals surface area (Å²) >= 11 is 0. The zero-order valence-electron chi connectivity index (χ0n) is 20.6. The molecule has 1 unspecified atom stereocenters. The summed E-state index contributed by atoms with van der Waals surface area (Å²) in [5.41, 5.74) is 3.13. The van der Waals surface area contributed by atoms with Crippen LogP contribution >= 0.6 is 0 Å². The van der Waals surface area contributed by atoms with Crippen LogP contribution in [0.5, 0.6) is 5.75 Å². The van der Waals surface area contributed by atoms with Crippen LogP contribution in [0.2, 0.25) is 0 Å². The van der Waals surface area contributed by atoms with Crippen molar-refractivity contribution >= 4 is 28.4 Å². The first-order valence-electron chi connectivity index (χ1n) is 11.8. The highest BCUT2D eigenvalue weighted by molar-refractivity contribution is 6.14. The SMILES string of the molecule is CCc1nc2c(cc1N=C(c1ccccc1)c1ccccc1)c(OC(CC)C(F)(F)F)c(C(=O)O)n2C. The number of aliphatic imine (C=N–C) groups is 1. The van der Waals surface area contributed by atoms with Crippen molar-refractivity contribution < 1.29 is 27.8 Å². The highest BCUT2D eigenvalue weighted by atomic mass is 19.4. The highest BCUT2D eigenvalue weighted by Gasteiger charge is 2.42. The van der Waals surface area contributed by atoms with E-state index in [-0.39, 0.29) is 23.2 Å². The van der Waals surface area contributed by atoms with Crippen molar-refractivity contribution in [3.63, 3.8) is 0 Å². The van der Waals surface area contributed by atoms with Gasteiger partial charge >= 0.3 is 12.1 Å². The number of pyridine rings is 1. The summed E-state index contributed by atoms with van der Waals surface area (Å²) < 4.78 is 47.3. The molecular weight excluding hydrogens is 483 g/mol. The summed E-state index contributed by atoms with van der Waals surface area (Å²) in [6.07, 6.45) is -6.75. The minimum Gasteiger partial charge on any atom is -0.478 e. The van der Waals surface area contributed by atoms with Crippen LogP contribution in [-0.2, 0) is 13.5 Å². The van der Waals surface area contributed by atoms with Gasteiger partial charge < -0.3 is 14.4 Å². The van der Waals surface area contributed by atoms with Crippen LogP contribution in [0.25, 0.3) is 11.0 Å². The third kappa shape index (κ3) is 5.21. The maximum absolute atomic E-state index is 13.6. The van der Waals surface area contributed by atoms with Crippen molar-refractivity contribution in [1.29, 1.82) is 0 Å². The topological polar surface area (TPSA) is 76.7 Å². The lowest BCUT2D eigenvalue weighted by molar-refractivity contribution is -0.195. The Labute approximate surface area is 212 Å². The Morgan fingerprint density at radius 3 is 2.08 bits per heavy atom. The van der Waals surface area contributed by atoms with Gasteiger partial charge in [0.15, 0.2) is 17.5 Å². The molecule has 2 aromatic carbocycles. The fourth-order valence-corrected chi connectivity index (χ4v) is 4.19. The zero-order valence-corrected chi connectivity index (χ0v) is 20.6. The van der Waals surface area contributed by atoms with Crippen molar-refractivity contribution in [3.8, 4) is 5.75 Å². The minimum atomic E-state index is -4.67. The molecule has 6 nitrogen and oxygen atoms in total. The van der Waals surface area contributed by atoms with Gasteiger partial charge in [0.05, 0.1) is 22.5 Å². The van der Waals surface area contributed by atoms with Gasteiger partial charge in [-0.2, -0.15) is 13.2 Å². The number of nitrogens with zero attached hydrogens (tertiary/aromatic N) is 3.